The highest BCUT2D eigenvalue weighted by molar-refractivity contribution is 6.39. The third-order valence-corrected chi connectivity index (χ3v) is 3.22. The molecule has 2 amide bonds. The van der Waals surface area contributed by atoms with Crippen molar-refractivity contribution in [1.29, 1.82) is 0 Å². The van der Waals surface area contributed by atoms with Crippen molar-refractivity contribution in [3.8, 4) is 0 Å². The molecule has 21 heavy (non-hydrogen) atoms. The first-order valence-electron chi connectivity index (χ1n) is 6.77. The lowest BCUT2D eigenvalue weighted by Crippen LogP contribution is -2.35. The second-order valence-corrected chi connectivity index (χ2v) is 4.89. The fraction of sp³-hybridized carbons (Fsp3) is 0.176. The van der Waals surface area contributed by atoms with Crippen LogP contribution >= 0.6 is 0 Å². The summed E-state index contributed by atoms with van der Waals surface area (Å²) in [4.78, 5) is 23.7. The molecular weight excluding hydrogens is 264 g/mol. The molecule has 2 N–H and O–H groups in total. The van der Waals surface area contributed by atoms with Crippen LogP contribution in [-0.2, 0) is 16.1 Å². The van der Waals surface area contributed by atoms with Gasteiger partial charge in [-0.25, -0.2) is 0 Å². The van der Waals surface area contributed by atoms with Crippen molar-refractivity contribution in [2.75, 3.05) is 5.32 Å². The number of rotatable bonds is 3. The number of amides is 2. The largest absolute Gasteiger partial charge is 0.344 e. The minimum Gasteiger partial charge on any atom is -0.344 e. The lowest BCUT2D eigenvalue weighted by Gasteiger charge is -2.11. The quantitative estimate of drug-likeness (QED) is 0.850. The molecule has 4 nitrogen and oxygen atoms in total. The van der Waals surface area contributed by atoms with E-state index >= 15 is 0 Å². The Bertz CT molecular complexity index is 631. The van der Waals surface area contributed by atoms with E-state index in [1.807, 2.05) is 62.4 Å². The first kappa shape index (κ1) is 14.8. The molecule has 0 fully saturated rings. The van der Waals surface area contributed by atoms with Crippen LogP contribution in [0.2, 0.25) is 0 Å². The second-order valence-electron chi connectivity index (χ2n) is 4.89. The van der Waals surface area contributed by atoms with Gasteiger partial charge in [0, 0.05) is 12.2 Å². The maximum absolute atomic E-state index is 11.9. The monoisotopic (exact) mass is 282 g/mol. The zero-order chi connectivity index (χ0) is 15.2. The second kappa shape index (κ2) is 6.70. The van der Waals surface area contributed by atoms with Gasteiger partial charge < -0.3 is 10.6 Å². The molecule has 0 radical (unpaired) electrons. The zero-order valence-electron chi connectivity index (χ0n) is 12.1. The van der Waals surface area contributed by atoms with Crippen molar-refractivity contribution in [1.82, 2.24) is 5.32 Å². The van der Waals surface area contributed by atoms with Crippen LogP contribution in [0.5, 0.6) is 0 Å². The molecule has 108 valence electrons. The highest BCUT2D eigenvalue weighted by Crippen LogP contribution is 2.19. The van der Waals surface area contributed by atoms with Gasteiger partial charge in [0.05, 0.1) is 0 Å². The summed E-state index contributed by atoms with van der Waals surface area (Å²) in [5, 5.41) is 5.27. The standard InChI is InChI=1S/C17H18N2O2/c1-12-7-6-8-13(2)15(12)19-17(21)16(20)18-11-14-9-4-3-5-10-14/h3-10H,11H2,1-2H3,(H,18,20)(H,19,21). The third-order valence-electron chi connectivity index (χ3n) is 3.22. The average molecular weight is 282 g/mol. The van der Waals surface area contributed by atoms with Gasteiger partial charge in [0.15, 0.2) is 0 Å². The van der Waals surface area contributed by atoms with Crippen LogP contribution in [0.15, 0.2) is 48.5 Å². The van der Waals surface area contributed by atoms with Crippen LogP contribution < -0.4 is 10.6 Å². The molecule has 0 saturated carbocycles. The summed E-state index contributed by atoms with van der Waals surface area (Å²) in [7, 11) is 0. The van der Waals surface area contributed by atoms with Gasteiger partial charge in [-0.3, -0.25) is 9.59 Å². The van der Waals surface area contributed by atoms with E-state index in [0.717, 1.165) is 16.7 Å². The maximum atomic E-state index is 11.9. The molecule has 2 aromatic carbocycles. The van der Waals surface area contributed by atoms with E-state index in [4.69, 9.17) is 0 Å². The fourth-order valence-electron chi connectivity index (χ4n) is 2.04. The molecule has 0 unspecified atom stereocenters. The number of nitrogens with one attached hydrogen (secondary N) is 2. The summed E-state index contributed by atoms with van der Waals surface area (Å²) >= 11 is 0. The highest BCUT2D eigenvalue weighted by atomic mass is 16.2. The number of aryl methyl sites for hydroxylation is 2. The van der Waals surface area contributed by atoms with Crippen molar-refractivity contribution >= 4 is 17.5 Å². The molecule has 0 aliphatic carbocycles. The fourth-order valence-corrected chi connectivity index (χ4v) is 2.04. The molecule has 0 aromatic heterocycles. The number of carbonyl (C=O) groups excluding carboxylic acids is 2. The van der Waals surface area contributed by atoms with Gasteiger partial charge in [-0.1, -0.05) is 48.5 Å². The van der Waals surface area contributed by atoms with Crippen LogP contribution in [0, 0.1) is 13.8 Å². The highest BCUT2D eigenvalue weighted by Gasteiger charge is 2.15. The number of benzene rings is 2. The predicted octanol–water partition coefficient (Wildman–Crippen LogP) is 2.56. The normalized spacial score (nSPS) is 10.0. The minimum atomic E-state index is -0.650. The van der Waals surface area contributed by atoms with E-state index in [1.165, 1.54) is 0 Å². The average Bonchev–Trinajstić information content (AvgIpc) is 2.49. The molecule has 0 atom stereocenters. The molecular formula is C17H18N2O2. The number of anilines is 1. The predicted molar refractivity (Wildman–Crippen MR) is 82.8 cm³/mol. The molecule has 2 aromatic rings. The third kappa shape index (κ3) is 3.92. The van der Waals surface area contributed by atoms with Gasteiger partial charge in [0.1, 0.15) is 0 Å². The van der Waals surface area contributed by atoms with E-state index in [0.29, 0.717) is 12.2 Å². The summed E-state index contributed by atoms with van der Waals surface area (Å²) < 4.78 is 0. The van der Waals surface area contributed by atoms with E-state index in [1.54, 1.807) is 0 Å². The summed E-state index contributed by atoms with van der Waals surface area (Å²) in [5.41, 5.74) is 3.50. The molecule has 0 spiro atoms. The molecule has 0 heterocycles. The van der Waals surface area contributed by atoms with Crippen LogP contribution in [0.3, 0.4) is 0 Å². The van der Waals surface area contributed by atoms with Gasteiger partial charge in [-0.05, 0) is 30.5 Å². The molecule has 2 rings (SSSR count). The Hall–Kier alpha value is -2.62. The summed E-state index contributed by atoms with van der Waals surface area (Å²) in [6.07, 6.45) is 0. The summed E-state index contributed by atoms with van der Waals surface area (Å²) in [6.45, 7) is 4.12. The molecule has 0 bridgehead atoms. The van der Waals surface area contributed by atoms with E-state index < -0.39 is 11.8 Å². The first-order valence-corrected chi connectivity index (χ1v) is 6.77. The smallest absolute Gasteiger partial charge is 0.313 e. The number of carbonyl (C=O) groups is 2. The SMILES string of the molecule is Cc1cccc(C)c1NC(=O)C(=O)NCc1ccccc1. The Morgan fingerprint density at radius 2 is 1.48 bits per heavy atom. The van der Waals surface area contributed by atoms with Crippen LogP contribution in [0.25, 0.3) is 0 Å². The van der Waals surface area contributed by atoms with Gasteiger partial charge in [-0.15, -0.1) is 0 Å². The Labute approximate surface area is 124 Å². The summed E-state index contributed by atoms with van der Waals surface area (Å²) in [5.74, 6) is -1.29. The lowest BCUT2D eigenvalue weighted by atomic mass is 10.1. The van der Waals surface area contributed by atoms with Gasteiger partial charge in [0.25, 0.3) is 0 Å². The Kier molecular flexibility index (Phi) is 4.72. The zero-order valence-corrected chi connectivity index (χ0v) is 12.1. The topological polar surface area (TPSA) is 58.2 Å². The first-order chi connectivity index (χ1) is 10.1. The van der Waals surface area contributed by atoms with Crippen molar-refractivity contribution in [2.45, 2.75) is 20.4 Å². The van der Waals surface area contributed by atoms with Crippen molar-refractivity contribution in [3.63, 3.8) is 0 Å². The molecule has 0 saturated heterocycles. The van der Waals surface area contributed by atoms with Crippen molar-refractivity contribution < 1.29 is 9.59 Å². The van der Waals surface area contributed by atoms with Crippen LogP contribution in [0.4, 0.5) is 5.69 Å². The minimum absolute atomic E-state index is 0.333. The van der Waals surface area contributed by atoms with Gasteiger partial charge >= 0.3 is 11.8 Å². The number of para-hydroxylation sites is 1. The molecule has 0 aliphatic rings. The molecule has 0 aliphatic heterocycles. The van der Waals surface area contributed by atoms with Crippen molar-refractivity contribution in [2.24, 2.45) is 0 Å². The van der Waals surface area contributed by atoms with E-state index in [-0.39, 0.29) is 0 Å². The Morgan fingerprint density at radius 3 is 2.10 bits per heavy atom. The van der Waals surface area contributed by atoms with Crippen molar-refractivity contribution in [3.05, 3.63) is 65.2 Å². The van der Waals surface area contributed by atoms with Crippen LogP contribution in [0.1, 0.15) is 16.7 Å². The van der Waals surface area contributed by atoms with E-state index in [9.17, 15) is 9.59 Å². The van der Waals surface area contributed by atoms with Gasteiger partial charge in [-0.2, -0.15) is 0 Å². The lowest BCUT2D eigenvalue weighted by molar-refractivity contribution is -0.136. The number of hydrogen-bond acceptors (Lipinski definition) is 2. The number of hydrogen-bond donors (Lipinski definition) is 2. The van der Waals surface area contributed by atoms with E-state index in [2.05, 4.69) is 10.6 Å². The van der Waals surface area contributed by atoms with Crippen LogP contribution in [-0.4, -0.2) is 11.8 Å². The Morgan fingerprint density at radius 1 is 0.857 bits per heavy atom. The Balaban J connectivity index is 1.96. The maximum Gasteiger partial charge on any atom is 0.313 e. The summed E-state index contributed by atoms with van der Waals surface area (Å²) in [6, 6.07) is 15.2. The van der Waals surface area contributed by atoms with Gasteiger partial charge in [0.2, 0.25) is 0 Å². The molecule has 4 heteroatoms.